The van der Waals surface area contributed by atoms with Crippen LogP contribution in [0.25, 0.3) is 0 Å². The monoisotopic (exact) mass is 227 g/mol. The van der Waals surface area contributed by atoms with Gasteiger partial charge in [0.25, 0.3) is 0 Å². The summed E-state index contributed by atoms with van der Waals surface area (Å²) in [5.74, 6) is 2.59. The van der Waals surface area contributed by atoms with Crippen molar-refractivity contribution in [1.29, 1.82) is 0 Å². The van der Waals surface area contributed by atoms with Crippen LogP contribution in [0.1, 0.15) is 25.7 Å². The topological polar surface area (TPSA) is 82.1 Å². The van der Waals surface area contributed by atoms with Crippen LogP contribution in [0.4, 0.5) is 0 Å². The lowest BCUT2D eigenvalue weighted by Crippen LogP contribution is -2.43. The Morgan fingerprint density at radius 1 is 1.38 bits per heavy atom. The summed E-state index contributed by atoms with van der Waals surface area (Å²) in [6.07, 6.45) is 4.51. The number of nitrogens with two attached hydrogens (primary N) is 1. The van der Waals surface area contributed by atoms with Gasteiger partial charge in [0.2, 0.25) is 5.96 Å². The highest BCUT2D eigenvalue weighted by atomic mass is 16.4. The van der Waals surface area contributed by atoms with Gasteiger partial charge in [0.15, 0.2) is 0 Å². The van der Waals surface area contributed by atoms with E-state index in [2.05, 4.69) is 5.16 Å². The highest BCUT2D eigenvalue weighted by molar-refractivity contribution is 5.77. The molecule has 1 aliphatic heterocycles. The third-order valence-electron chi connectivity index (χ3n) is 4.05. The Labute approximate surface area is 95.9 Å². The number of aliphatic hydroxyl groups is 1. The zero-order valence-corrected chi connectivity index (χ0v) is 9.55. The zero-order valence-electron chi connectivity index (χ0n) is 9.55. The van der Waals surface area contributed by atoms with Crippen molar-refractivity contribution in [3.05, 3.63) is 0 Å². The average Bonchev–Trinajstić information content (AvgIpc) is 3.08. The summed E-state index contributed by atoms with van der Waals surface area (Å²) in [5, 5.41) is 20.5. The van der Waals surface area contributed by atoms with Gasteiger partial charge in [-0.3, -0.25) is 0 Å². The Morgan fingerprint density at radius 2 is 2.06 bits per heavy atom. The highest BCUT2D eigenvalue weighted by Crippen LogP contribution is 2.49. The van der Waals surface area contributed by atoms with Gasteiger partial charge >= 0.3 is 0 Å². The minimum atomic E-state index is 0.237. The molecule has 2 fully saturated rings. The first-order valence-electron chi connectivity index (χ1n) is 6.09. The van der Waals surface area contributed by atoms with Gasteiger partial charge in [-0.2, -0.15) is 0 Å². The van der Waals surface area contributed by atoms with Gasteiger partial charge in [0.1, 0.15) is 0 Å². The third-order valence-corrected chi connectivity index (χ3v) is 4.05. The molecular formula is C11H21N3O2. The molecule has 0 aromatic rings. The molecule has 2 rings (SSSR count). The molecule has 0 aromatic heterocycles. The molecule has 0 bridgehead atoms. The van der Waals surface area contributed by atoms with Gasteiger partial charge in [-0.15, -0.1) is 0 Å². The molecule has 1 saturated heterocycles. The SMILES string of the molecule is N/C(=N\O)N1CCC([C@H]2C[C@H]2CCO)CC1. The fourth-order valence-electron chi connectivity index (χ4n) is 2.97. The van der Waals surface area contributed by atoms with E-state index in [0.29, 0.717) is 6.61 Å². The average molecular weight is 227 g/mol. The number of guanidine groups is 1. The maximum atomic E-state index is 8.87. The summed E-state index contributed by atoms with van der Waals surface area (Å²) in [6, 6.07) is 0. The van der Waals surface area contributed by atoms with E-state index < -0.39 is 0 Å². The quantitative estimate of drug-likeness (QED) is 0.282. The molecule has 1 aliphatic carbocycles. The molecule has 16 heavy (non-hydrogen) atoms. The van der Waals surface area contributed by atoms with Crippen molar-refractivity contribution in [2.75, 3.05) is 19.7 Å². The molecule has 1 heterocycles. The van der Waals surface area contributed by atoms with E-state index in [1.807, 2.05) is 4.90 Å². The van der Waals surface area contributed by atoms with Crippen LogP contribution in [0.5, 0.6) is 0 Å². The molecule has 0 radical (unpaired) electrons. The van der Waals surface area contributed by atoms with Crippen LogP contribution < -0.4 is 5.73 Å². The molecule has 4 N–H and O–H groups in total. The fourth-order valence-corrected chi connectivity index (χ4v) is 2.97. The summed E-state index contributed by atoms with van der Waals surface area (Å²) in [5.41, 5.74) is 5.55. The number of rotatable bonds is 3. The fraction of sp³-hybridized carbons (Fsp3) is 0.909. The van der Waals surface area contributed by atoms with Gasteiger partial charge in [-0.05, 0) is 43.4 Å². The standard InChI is InChI=1S/C11H21N3O2/c12-11(13-16)14-4-1-8(2-5-14)10-7-9(10)3-6-15/h8-10,15-16H,1-7H2,(H2,12,13)/t9-,10-/m1/s1. The lowest BCUT2D eigenvalue weighted by Gasteiger charge is -2.32. The van der Waals surface area contributed by atoms with Crippen molar-refractivity contribution in [3.63, 3.8) is 0 Å². The van der Waals surface area contributed by atoms with E-state index in [1.165, 1.54) is 6.42 Å². The van der Waals surface area contributed by atoms with Gasteiger partial charge in [0.05, 0.1) is 0 Å². The molecule has 0 unspecified atom stereocenters. The molecule has 5 nitrogen and oxygen atoms in total. The minimum Gasteiger partial charge on any atom is -0.408 e. The maximum absolute atomic E-state index is 8.87. The smallest absolute Gasteiger partial charge is 0.233 e. The molecule has 92 valence electrons. The van der Waals surface area contributed by atoms with Crippen molar-refractivity contribution >= 4 is 5.96 Å². The molecular weight excluding hydrogens is 206 g/mol. The largest absolute Gasteiger partial charge is 0.408 e. The van der Waals surface area contributed by atoms with E-state index in [1.54, 1.807) is 0 Å². The van der Waals surface area contributed by atoms with Crippen LogP contribution in [0.2, 0.25) is 0 Å². The van der Waals surface area contributed by atoms with Gasteiger partial charge < -0.3 is 20.9 Å². The Bertz CT molecular complexity index is 262. The maximum Gasteiger partial charge on any atom is 0.233 e. The number of piperidine rings is 1. The van der Waals surface area contributed by atoms with Gasteiger partial charge in [-0.25, -0.2) is 0 Å². The first kappa shape index (κ1) is 11.5. The summed E-state index contributed by atoms with van der Waals surface area (Å²) >= 11 is 0. The van der Waals surface area contributed by atoms with Crippen LogP contribution in [0.15, 0.2) is 5.16 Å². The number of oxime groups is 1. The van der Waals surface area contributed by atoms with Crippen LogP contribution in [0, 0.1) is 17.8 Å². The van der Waals surface area contributed by atoms with Crippen LogP contribution in [0.3, 0.4) is 0 Å². The minimum absolute atomic E-state index is 0.237. The van der Waals surface area contributed by atoms with Crippen molar-refractivity contribution in [1.82, 2.24) is 4.90 Å². The van der Waals surface area contributed by atoms with Crippen LogP contribution in [-0.2, 0) is 0 Å². The Morgan fingerprint density at radius 3 is 2.62 bits per heavy atom. The third kappa shape index (κ3) is 2.40. The number of hydrogen-bond acceptors (Lipinski definition) is 3. The Balaban J connectivity index is 1.74. The Kier molecular flexibility index (Phi) is 3.53. The lowest BCUT2D eigenvalue weighted by molar-refractivity contribution is 0.218. The Hall–Kier alpha value is -0.970. The first-order chi connectivity index (χ1) is 7.76. The highest BCUT2D eigenvalue weighted by Gasteiger charge is 2.42. The summed E-state index contributed by atoms with van der Waals surface area (Å²) in [4.78, 5) is 1.93. The second-order valence-corrected chi connectivity index (χ2v) is 4.95. The number of aliphatic hydroxyl groups excluding tert-OH is 1. The predicted molar refractivity (Wildman–Crippen MR) is 61.0 cm³/mol. The molecule has 0 spiro atoms. The predicted octanol–water partition coefficient (Wildman–Crippen LogP) is 0.421. The van der Waals surface area contributed by atoms with E-state index in [0.717, 1.165) is 50.1 Å². The summed E-state index contributed by atoms with van der Waals surface area (Å²) in [6.45, 7) is 2.11. The molecule has 1 saturated carbocycles. The molecule has 5 heteroatoms. The van der Waals surface area contributed by atoms with Crippen molar-refractivity contribution in [2.45, 2.75) is 25.7 Å². The van der Waals surface area contributed by atoms with E-state index in [-0.39, 0.29) is 5.96 Å². The summed E-state index contributed by atoms with van der Waals surface area (Å²) in [7, 11) is 0. The zero-order chi connectivity index (χ0) is 11.5. The number of likely N-dealkylation sites (tertiary alicyclic amines) is 1. The molecule has 0 aromatic carbocycles. The lowest BCUT2D eigenvalue weighted by atomic mass is 9.90. The van der Waals surface area contributed by atoms with E-state index in [4.69, 9.17) is 16.0 Å². The van der Waals surface area contributed by atoms with Crippen LogP contribution in [-0.4, -0.2) is 40.9 Å². The molecule has 0 amide bonds. The second kappa shape index (κ2) is 4.91. The molecule has 2 aliphatic rings. The van der Waals surface area contributed by atoms with Crippen LogP contribution >= 0.6 is 0 Å². The van der Waals surface area contributed by atoms with Crippen molar-refractivity contribution < 1.29 is 10.3 Å². The van der Waals surface area contributed by atoms with Gasteiger partial charge in [0, 0.05) is 19.7 Å². The number of nitrogens with zero attached hydrogens (tertiary/aromatic N) is 2. The van der Waals surface area contributed by atoms with E-state index in [9.17, 15) is 0 Å². The second-order valence-electron chi connectivity index (χ2n) is 4.95. The number of hydrogen-bond donors (Lipinski definition) is 3. The molecule has 2 atom stereocenters. The van der Waals surface area contributed by atoms with Crippen molar-refractivity contribution in [2.24, 2.45) is 28.6 Å². The van der Waals surface area contributed by atoms with Crippen molar-refractivity contribution in [3.8, 4) is 0 Å². The van der Waals surface area contributed by atoms with Gasteiger partial charge in [-0.1, -0.05) is 5.16 Å². The van der Waals surface area contributed by atoms with E-state index >= 15 is 0 Å². The normalized spacial score (nSPS) is 31.8. The first-order valence-corrected chi connectivity index (χ1v) is 6.09. The summed E-state index contributed by atoms with van der Waals surface area (Å²) < 4.78 is 0.